The minimum Gasteiger partial charge on any atom is -0.480 e. The van der Waals surface area contributed by atoms with Crippen molar-refractivity contribution in [2.75, 3.05) is 19.6 Å². The van der Waals surface area contributed by atoms with Crippen LogP contribution in [0.2, 0.25) is 0 Å². The predicted molar refractivity (Wildman–Crippen MR) is 60.2 cm³/mol. The molecule has 1 rings (SSSR count). The van der Waals surface area contributed by atoms with E-state index in [-0.39, 0.29) is 31.3 Å². The van der Waals surface area contributed by atoms with Crippen molar-refractivity contribution in [3.05, 3.63) is 12.7 Å². The number of imide groups is 1. The first-order valence-electron chi connectivity index (χ1n) is 5.42. The Morgan fingerprint density at radius 1 is 1.65 bits per heavy atom. The van der Waals surface area contributed by atoms with Gasteiger partial charge in [-0.25, -0.2) is 0 Å². The highest BCUT2D eigenvalue weighted by molar-refractivity contribution is 6.05. The summed E-state index contributed by atoms with van der Waals surface area (Å²) in [6.45, 7) is 5.56. The highest BCUT2D eigenvalue weighted by Gasteiger charge is 2.41. The average Bonchev–Trinajstić information content (AvgIpc) is 2.52. The fraction of sp³-hybridized carbons (Fsp3) is 0.545. The Bertz CT molecular complexity index is 353. The number of nitrogens with zero attached hydrogens (tertiary/aromatic N) is 2. The van der Waals surface area contributed by atoms with Crippen LogP contribution in [-0.4, -0.2) is 58.4 Å². The first-order valence-corrected chi connectivity index (χ1v) is 5.42. The van der Waals surface area contributed by atoms with Crippen LogP contribution in [0.5, 0.6) is 0 Å². The largest absolute Gasteiger partial charge is 0.480 e. The highest BCUT2D eigenvalue weighted by Crippen LogP contribution is 2.18. The van der Waals surface area contributed by atoms with E-state index in [1.807, 2.05) is 0 Å². The van der Waals surface area contributed by atoms with Crippen molar-refractivity contribution >= 4 is 17.8 Å². The molecule has 6 nitrogen and oxygen atoms in total. The molecule has 1 saturated heterocycles. The number of likely N-dealkylation sites (N-methyl/N-ethyl adjacent to an activating group) is 1. The molecule has 2 amide bonds. The van der Waals surface area contributed by atoms with E-state index in [9.17, 15) is 14.4 Å². The maximum atomic E-state index is 11.9. The first-order chi connectivity index (χ1) is 8.01. The summed E-state index contributed by atoms with van der Waals surface area (Å²) in [5.74, 6) is -1.59. The molecule has 0 radical (unpaired) electrons. The molecule has 0 saturated carbocycles. The van der Waals surface area contributed by atoms with Crippen molar-refractivity contribution in [3.8, 4) is 0 Å². The van der Waals surface area contributed by atoms with Crippen LogP contribution >= 0.6 is 0 Å². The van der Waals surface area contributed by atoms with E-state index >= 15 is 0 Å². The number of hydrogen-bond donors (Lipinski definition) is 1. The average molecular weight is 240 g/mol. The summed E-state index contributed by atoms with van der Waals surface area (Å²) in [6.07, 6.45) is 1.57. The molecule has 0 aromatic heterocycles. The Hall–Kier alpha value is -1.69. The van der Waals surface area contributed by atoms with Gasteiger partial charge in [-0.15, -0.1) is 6.58 Å². The summed E-state index contributed by atoms with van der Waals surface area (Å²) in [5, 5.41) is 8.76. The molecule has 0 bridgehead atoms. The summed E-state index contributed by atoms with van der Waals surface area (Å²) in [5.41, 5.74) is 0. The molecule has 1 atom stereocenters. The topological polar surface area (TPSA) is 77.9 Å². The molecule has 17 heavy (non-hydrogen) atoms. The summed E-state index contributed by atoms with van der Waals surface area (Å²) in [4.78, 5) is 36.7. The van der Waals surface area contributed by atoms with Crippen LogP contribution in [0.1, 0.15) is 13.3 Å². The minimum atomic E-state index is -1.03. The van der Waals surface area contributed by atoms with Crippen LogP contribution in [0.4, 0.5) is 0 Å². The fourth-order valence-electron chi connectivity index (χ4n) is 1.92. The Labute approximate surface area is 99.5 Å². The van der Waals surface area contributed by atoms with Crippen molar-refractivity contribution in [2.45, 2.75) is 19.4 Å². The van der Waals surface area contributed by atoms with Gasteiger partial charge in [-0.2, -0.15) is 0 Å². The molecule has 6 heteroatoms. The van der Waals surface area contributed by atoms with E-state index in [2.05, 4.69) is 6.58 Å². The molecule has 1 aliphatic rings. The third-order valence-corrected chi connectivity index (χ3v) is 2.68. The number of amides is 2. The van der Waals surface area contributed by atoms with E-state index < -0.39 is 12.0 Å². The van der Waals surface area contributed by atoms with Gasteiger partial charge in [0.2, 0.25) is 11.8 Å². The van der Waals surface area contributed by atoms with E-state index in [1.54, 1.807) is 6.92 Å². The van der Waals surface area contributed by atoms with Crippen molar-refractivity contribution in [1.82, 2.24) is 9.80 Å². The molecule has 0 aromatic carbocycles. The van der Waals surface area contributed by atoms with E-state index in [0.717, 1.165) is 4.90 Å². The van der Waals surface area contributed by atoms with Gasteiger partial charge in [0.05, 0.1) is 19.0 Å². The van der Waals surface area contributed by atoms with Crippen LogP contribution in [0, 0.1) is 0 Å². The van der Waals surface area contributed by atoms with E-state index in [0.29, 0.717) is 6.54 Å². The number of hydrogen-bond acceptors (Lipinski definition) is 4. The summed E-state index contributed by atoms with van der Waals surface area (Å²) < 4.78 is 0. The number of aliphatic carboxylic acids is 1. The number of carboxylic acid groups (broad SMARTS) is 1. The Balaban J connectivity index is 2.81. The molecule has 1 unspecified atom stereocenters. The molecular weight excluding hydrogens is 224 g/mol. The van der Waals surface area contributed by atoms with Crippen LogP contribution in [0.3, 0.4) is 0 Å². The lowest BCUT2D eigenvalue weighted by atomic mass is 10.2. The number of carboxylic acids is 1. The van der Waals surface area contributed by atoms with Gasteiger partial charge in [0.25, 0.3) is 0 Å². The number of rotatable bonds is 6. The molecular formula is C11H16N2O4. The molecule has 1 N–H and O–H groups in total. The monoisotopic (exact) mass is 240 g/mol. The second-order valence-electron chi connectivity index (χ2n) is 3.81. The minimum absolute atomic E-state index is 0.0494. The molecule has 1 heterocycles. The lowest BCUT2D eigenvalue weighted by Gasteiger charge is -2.23. The smallest absolute Gasteiger partial charge is 0.317 e. The van der Waals surface area contributed by atoms with Gasteiger partial charge >= 0.3 is 5.97 Å². The van der Waals surface area contributed by atoms with Gasteiger partial charge in [0, 0.05) is 13.1 Å². The molecule has 0 aliphatic carbocycles. The van der Waals surface area contributed by atoms with Crippen LogP contribution in [0.25, 0.3) is 0 Å². The normalized spacial score (nSPS) is 20.1. The van der Waals surface area contributed by atoms with Crippen molar-refractivity contribution in [1.29, 1.82) is 0 Å². The lowest BCUT2D eigenvalue weighted by Crippen LogP contribution is -2.44. The zero-order valence-electron chi connectivity index (χ0n) is 9.76. The van der Waals surface area contributed by atoms with E-state index in [4.69, 9.17) is 5.11 Å². The van der Waals surface area contributed by atoms with Crippen molar-refractivity contribution in [2.24, 2.45) is 0 Å². The lowest BCUT2D eigenvalue weighted by molar-refractivity contribution is -0.140. The highest BCUT2D eigenvalue weighted by atomic mass is 16.4. The van der Waals surface area contributed by atoms with Gasteiger partial charge in [0.1, 0.15) is 0 Å². The zero-order chi connectivity index (χ0) is 13.0. The Morgan fingerprint density at radius 3 is 2.71 bits per heavy atom. The molecule has 0 aromatic rings. The van der Waals surface area contributed by atoms with Gasteiger partial charge in [0.15, 0.2) is 0 Å². The maximum absolute atomic E-state index is 11.9. The van der Waals surface area contributed by atoms with Crippen molar-refractivity contribution in [3.63, 3.8) is 0 Å². The second kappa shape index (κ2) is 5.58. The first kappa shape index (κ1) is 13.4. The molecule has 1 aliphatic heterocycles. The molecule has 0 spiro atoms. The molecule has 1 fully saturated rings. The molecule has 94 valence electrons. The summed E-state index contributed by atoms with van der Waals surface area (Å²) in [6, 6.07) is -0.670. The van der Waals surface area contributed by atoms with Crippen LogP contribution in [-0.2, 0) is 14.4 Å². The van der Waals surface area contributed by atoms with Crippen LogP contribution in [0.15, 0.2) is 12.7 Å². The van der Waals surface area contributed by atoms with E-state index in [1.165, 1.54) is 11.0 Å². The standard InChI is InChI=1S/C11H16N2O4/c1-3-5-12(7-10(15)16)8-6-9(14)13(4-2)11(8)17/h3,8H,1,4-7H2,2H3,(H,15,16). The summed E-state index contributed by atoms with van der Waals surface area (Å²) in [7, 11) is 0. The van der Waals surface area contributed by atoms with Gasteiger partial charge in [-0.3, -0.25) is 24.2 Å². The maximum Gasteiger partial charge on any atom is 0.317 e. The zero-order valence-corrected chi connectivity index (χ0v) is 9.76. The SMILES string of the molecule is C=CCN(CC(=O)O)C1CC(=O)N(CC)C1=O. The third-order valence-electron chi connectivity index (χ3n) is 2.68. The fourth-order valence-corrected chi connectivity index (χ4v) is 1.92. The Kier molecular flexibility index (Phi) is 4.39. The number of carbonyl (C=O) groups excluding carboxylic acids is 2. The summed E-state index contributed by atoms with van der Waals surface area (Å²) >= 11 is 0. The number of likely N-dealkylation sites (tertiary alicyclic amines) is 1. The van der Waals surface area contributed by atoms with Gasteiger partial charge in [-0.05, 0) is 6.92 Å². The predicted octanol–water partition coefficient (Wildman–Crippen LogP) is -0.294. The van der Waals surface area contributed by atoms with Gasteiger partial charge in [-0.1, -0.05) is 6.08 Å². The van der Waals surface area contributed by atoms with Crippen molar-refractivity contribution < 1.29 is 19.5 Å². The quantitative estimate of drug-likeness (QED) is 0.509. The van der Waals surface area contributed by atoms with Gasteiger partial charge < -0.3 is 5.11 Å². The second-order valence-corrected chi connectivity index (χ2v) is 3.81. The van der Waals surface area contributed by atoms with Crippen LogP contribution < -0.4 is 0 Å². The Morgan fingerprint density at radius 2 is 2.29 bits per heavy atom. The third kappa shape index (κ3) is 2.91. The number of carbonyl (C=O) groups is 3.